The zero-order valence-electron chi connectivity index (χ0n) is 17.3. The highest BCUT2D eigenvalue weighted by atomic mass is 16.5. The minimum Gasteiger partial charge on any atom is -0.450 e. The van der Waals surface area contributed by atoms with E-state index in [9.17, 15) is 4.79 Å². The topological polar surface area (TPSA) is 47.6 Å². The van der Waals surface area contributed by atoms with Crippen LogP contribution < -0.4 is 5.32 Å². The summed E-state index contributed by atoms with van der Waals surface area (Å²) < 4.78 is 11.3. The van der Waals surface area contributed by atoms with Crippen LogP contribution in [0.25, 0.3) is 0 Å². The summed E-state index contributed by atoms with van der Waals surface area (Å²) in [6, 6.07) is 15.6. The first-order valence-corrected chi connectivity index (χ1v) is 10.9. The van der Waals surface area contributed by atoms with Gasteiger partial charge in [0.15, 0.2) is 0 Å². The molecule has 4 nitrogen and oxygen atoms in total. The van der Waals surface area contributed by atoms with Crippen LogP contribution in [-0.4, -0.2) is 25.3 Å². The molecule has 1 saturated heterocycles. The first-order chi connectivity index (χ1) is 14.2. The zero-order chi connectivity index (χ0) is 20.1. The molecular formula is C25H31NO3. The monoisotopic (exact) mass is 393 g/mol. The molecule has 1 aliphatic heterocycles. The number of ether oxygens (including phenoxy) is 2. The third-order valence-electron chi connectivity index (χ3n) is 6.22. The lowest BCUT2D eigenvalue weighted by atomic mass is 9.85. The summed E-state index contributed by atoms with van der Waals surface area (Å²) in [4.78, 5) is 11.5. The smallest absolute Gasteiger partial charge is 0.407 e. The van der Waals surface area contributed by atoms with Gasteiger partial charge in [-0.05, 0) is 66.3 Å². The third-order valence-corrected chi connectivity index (χ3v) is 6.22. The molecule has 4 rings (SSSR count). The van der Waals surface area contributed by atoms with E-state index in [1.807, 2.05) is 0 Å². The first-order valence-electron chi connectivity index (χ1n) is 10.9. The maximum atomic E-state index is 11.5. The summed E-state index contributed by atoms with van der Waals surface area (Å²) in [5.41, 5.74) is 6.80. The highest BCUT2D eigenvalue weighted by molar-refractivity contribution is 5.67. The molecule has 1 amide bonds. The van der Waals surface area contributed by atoms with Gasteiger partial charge >= 0.3 is 6.09 Å². The van der Waals surface area contributed by atoms with Crippen molar-refractivity contribution in [2.45, 2.75) is 64.1 Å². The second-order valence-corrected chi connectivity index (χ2v) is 8.23. The van der Waals surface area contributed by atoms with E-state index in [1.54, 1.807) is 0 Å². The van der Waals surface area contributed by atoms with E-state index < -0.39 is 0 Å². The SMILES string of the molecule is CCc1ccc(CO[C@@H]2CCc3cc([C@H]4CCCOC(=O)NC4)ccc3C2)cc1. The van der Waals surface area contributed by atoms with Gasteiger partial charge in [0.05, 0.1) is 19.3 Å². The molecule has 4 heteroatoms. The molecule has 2 aromatic carbocycles. The molecule has 1 N–H and O–H groups in total. The summed E-state index contributed by atoms with van der Waals surface area (Å²) in [6.45, 7) is 4.03. The van der Waals surface area contributed by atoms with Crippen molar-refractivity contribution in [2.75, 3.05) is 13.2 Å². The molecule has 154 valence electrons. The minimum atomic E-state index is -0.294. The predicted octanol–water partition coefficient (Wildman–Crippen LogP) is 4.93. The molecule has 0 unspecified atom stereocenters. The van der Waals surface area contributed by atoms with Gasteiger partial charge in [-0.3, -0.25) is 0 Å². The van der Waals surface area contributed by atoms with Gasteiger partial charge in [0, 0.05) is 12.5 Å². The highest BCUT2D eigenvalue weighted by Gasteiger charge is 2.22. The number of carbonyl (C=O) groups excluding carboxylic acids is 1. The first kappa shape index (κ1) is 20.0. The van der Waals surface area contributed by atoms with E-state index in [0.717, 1.165) is 38.5 Å². The van der Waals surface area contributed by atoms with Crippen LogP contribution in [0.4, 0.5) is 4.79 Å². The van der Waals surface area contributed by atoms with Crippen LogP contribution in [0.3, 0.4) is 0 Å². The number of benzene rings is 2. The Morgan fingerprint density at radius 1 is 1.07 bits per heavy atom. The second-order valence-electron chi connectivity index (χ2n) is 8.23. The number of rotatable bonds is 5. The molecule has 0 aromatic heterocycles. The van der Waals surface area contributed by atoms with Gasteiger partial charge in [0.2, 0.25) is 0 Å². The number of aryl methyl sites for hydroxylation is 2. The second kappa shape index (κ2) is 9.45. The van der Waals surface area contributed by atoms with Crippen LogP contribution in [0.5, 0.6) is 0 Å². The number of hydrogen-bond acceptors (Lipinski definition) is 3. The van der Waals surface area contributed by atoms with Gasteiger partial charge < -0.3 is 14.8 Å². The van der Waals surface area contributed by atoms with Crippen molar-refractivity contribution in [3.8, 4) is 0 Å². The molecule has 2 aliphatic rings. The molecule has 0 spiro atoms. The molecule has 2 atom stereocenters. The summed E-state index contributed by atoms with van der Waals surface area (Å²) >= 11 is 0. The summed E-state index contributed by atoms with van der Waals surface area (Å²) in [7, 11) is 0. The van der Waals surface area contributed by atoms with Gasteiger partial charge in [0.1, 0.15) is 0 Å². The summed E-state index contributed by atoms with van der Waals surface area (Å²) in [5.74, 6) is 0.369. The van der Waals surface area contributed by atoms with Crippen molar-refractivity contribution in [1.29, 1.82) is 0 Å². The molecule has 0 radical (unpaired) electrons. The van der Waals surface area contributed by atoms with Crippen LogP contribution in [0.1, 0.15) is 59.9 Å². The maximum Gasteiger partial charge on any atom is 0.407 e. The van der Waals surface area contributed by atoms with E-state index >= 15 is 0 Å². The predicted molar refractivity (Wildman–Crippen MR) is 114 cm³/mol. The third kappa shape index (κ3) is 5.18. The lowest BCUT2D eigenvalue weighted by Gasteiger charge is -2.27. The molecule has 2 aromatic rings. The molecule has 29 heavy (non-hydrogen) atoms. The van der Waals surface area contributed by atoms with E-state index in [4.69, 9.17) is 9.47 Å². The van der Waals surface area contributed by atoms with E-state index in [1.165, 1.54) is 27.8 Å². The Morgan fingerprint density at radius 2 is 1.90 bits per heavy atom. The number of hydrogen-bond donors (Lipinski definition) is 1. The fourth-order valence-electron chi connectivity index (χ4n) is 4.36. The summed E-state index contributed by atoms with van der Waals surface area (Å²) in [5, 5.41) is 2.88. The van der Waals surface area contributed by atoms with Gasteiger partial charge in [-0.2, -0.15) is 0 Å². The van der Waals surface area contributed by atoms with Gasteiger partial charge in [-0.15, -0.1) is 0 Å². The fourth-order valence-corrected chi connectivity index (χ4v) is 4.36. The minimum absolute atomic E-state index is 0.289. The quantitative estimate of drug-likeness (QED) is 0.784. The van der Waals surface area contributed by atoms with Crippen LogP contribution in [0, 0.1) is 0 Å². The Hall–Kier alpha value is -2.33. The molecule has 1 heterocycles. The summed E-state index contributed by atoms with van der Waals surface area (Å²) in [6.07, 6.45) is 6.14. The van der Waals surface area contributed by atoms with Gasteiger partial charge in [0.25, 0.3) is 0 Å². The van der Waals surface area contributed by atoms with Crippen molar-refractivity contribution in [3.05, 3.63) is 70.3 Å². The van der Waals surface area contributed by atoms with E-state index in [-0.39, 0.29) is 12.2 Å². The van der Waals surface area contributed by atoms with Crippen molar-refractivity contribution in [1.82, 2.24) is 5.32 Å². The van der Waals surface area contributed by atoms with Gasteiger partial charge in [-0.1, -0.05) is 49.4 Å². The normalized spacial score (nSPS) is 22.0. The highest BCUT2D eigenvalue weighted by Crippen LogP contribution is 2.29. The van der Waals surface area contributed by atoms with Crippen molar-refractivity contribution >= 4 is 6.09 Å². The largest absolute Gasteiger partial charge is 0.450 e. The molecule has 0 saturated carbocycles. The molecule has 0 bridgehead atoms. The Labute approximate surface area is 173 Å². The average molecular weight is 394 g/mol. The lowest BCUT2D eigenvalue weighted by molar-refractivity contribution is 0.0319. The number of fused-ring (bicyclic) bond motifs is 1. The Bertz CT molecular complexity index is 830. The van der Waals surface area contributed by atoms with Gasteiger partial charge in [-0.25, -0.2) is 4.79 Å². The molecular weight excluding hydrogens is 362 g/mol. The van der Waals surface area contributed by atoms with Crippen LogP contribution in [0.15, 0.2) is 42.5 Å². The number of carbonyl (C=O) groups is 1. The Morgan fingerprint density at radius 3 is 2.72 bits per heavy atom. The standard InChI is InChI=1S/C25H31NO3/c1-2-18-5-7-19(8-6-18)17-29-24-12-11-20-14-21(9-10-22(20)15-24)23-4-3-13-28-25(27)26-16-23/h5-10,14,23-24H,2-4,11-13,15-17H2,1H3,(H,26,27)/t23-,24+/m0/s1. The number of nitrogens with one attached hydrogen (secondary N) is 1. The lowest BCUT2D eigenvalue weighted by Crippen LogP contribution is -2.31. The Kier molecular flexibility index (Phi) is 6.50. The average Bonchev–Trinajstić information content (AvgIpc) is 2.75. The number of amides is 1. The van der Waals surface area contributed by atoms with Crippen LogP contribution in [-0.2, 0) is 35.3 Å². The Balaban J connectivity index is 1.35. The maximum absolute atomic E-state index is 11.5. The molecule has 1 aliphatic carbocycles. The van der Waals surface area contributed by atoms with Crippen LogP contribution >= 0.6 is 0 Å². The number of cyclic esters (lactones) is 1. The van der Waals surface area contributed by atoms with Crippen molar-refractivity contribution < 1.29 is 14.3 Å². The van der Waals surface area contributed by atoms with E-state index in [2.05, 4.69) is 54.7 Å². The zero-order valence-corrected chi connectivity index (χ0v) is 17.3. The van der Waals surface area contributed by atoms with Crippen molar-refractivity contribution in [2.24, 2.45) is 0 Å². The van der Waals surface area contributed by atoms with E-state index in [0.29, 0.717) is 25.7 Å². The fraction of sp³-hybridized carbons (Fsp3) is 0.480. The number of alkyl carbamates (subject to hydrolysis) is 1. The van der Waals surface area contributed by atoms with Crippen LogP contribution in [0.2, 0.25) is 0 Å². The molecule has 1 fully saturated rings. The van der Waals surface area contributed by atoms with Crippen molar-refractivity contribution in [3.63, 3.8) is 0 Å².